The van der Waals surface area contributed by atoms with Crippen molar-refractivity contribution >= 4 is 11.5 Å². The first-order chi connectivity index (χ1) is 8.27. The number of nitrogens with two attached hydrogens (primary N) is 1. The van der Waals surface area contributed by atoms with Crippen LogP contribution in [0.3, 0.4) is 0 Å². The van der Waals surface area contributed by atoms with E-state index in [0.717, 1.165) is 23.7 Å². The number of unbranched alkanes of at least 4 members (excludes halogenated alkanes) is 1. The number of pyridine rings is 1. The summed E-state index contributed by atoms with van der Waals surface area (Å²) in [5, 5.41) is 0. The molecule has 0 spiro atoms. The van der Waals surface area contributed by atoms with Gasteiger partial charge in [0, 0.05) is 26.3 Å². The molecule has 2 aromatic heterocycles. The topological polar surface area (TPSA) is 46.6 Å². The van der Waals surface area contributed by atoms with Crippen molar-refractivity contribution in [2.75, 3.05) is 18.5 Å². The molecule has 0 bridgehead atoms. The van der Waals surface area contributed by atoms with Gasteiger partial charge in [0.05, 0.1) is 5.69 Å². The number of hydrogen-bond acceptors (Lipinski definition) is 3. The van der Waals surface area contributed by atoms with E-state index in [4.69, 9.17) is 5.73 Å². The summed E-state index contributed by atoms with van der Waals surface area (Å²) >= 11 is 0. The molecule has 2 heterocycles. The van der Waals surface area contributed by atoms with Crippen LogP contribution in [0, 0.1) is 0 Å². The fourth-order valence-electron chi connectivity index (χ4n) is 2.03. The van der Waals surface area contributed by atoms with Gasteiger partial charge in [-0.3, -0.25) is 0 Å². The molecule has 0 unspecified atom stereocenters. The van der Waals surface area contributed by atoms with Crippen LogP contribution < -0.4 is 10.6 Å². The number of anilines is 1. The van der Waals surface area contributed by atoms with Crippen LogP contribution in [0.2, 0.25) is 0 Å². The maximum absolute atomic E-state index is 5.84. The van der Waals surface area contributed by atoms with Crippen molar-refractivity contribution in [2.24, 2.45) is 5.73 Å². The Kier molecular flexibility index (Phi) is 3.64. The molecule has 2 rings (SSSR count). The lowest BCUT2D eigenvalue weighted by Crippen LogP contribution is -2.21. The lowest BCUT2D eigenvalue weighted by molar-refractivity contribution is 0.756. The third-order valence-corrected chi connectivity index (χ3v) is 3.01. The summed E-state index contributed by atoms with van der Waals surface area (Å²) < 4.78 is 2.07. The van der Waals surface area contributed by atoms with Gasteiger partial charge in [0.1, 0.15) is 5.65 Å². The van der Waals surface area contributed by atoms with Gasteiger partial charge in [-0.15, -0.1) is 0 Å². The van der Waals surface area contributed by atoms with Crippen LogP contribution in [0.15, 0.2) is 24.4 Å². The monoisotopic (exact) mass is 232 g/mol. The van der Waals surface area contributed by atoms with Crippen LogP contribution in [0.5, 0.6) is 0 Å². The number of fused-ring (bicyclic) bond motifs is 1. The fraction of sp³-hybridized carbons (Fsp3) is 0.462. The van der Waals surface area contributed by atoms with Crippen LogP contribution in [-0.2, 0) is 6.54 Å². The quantitative estimate of drug-likeness (QED) is 0.858. The average Bonchev–Trinajstić information content (AvgIpc) is 2.74. The highest BCUT2D eigenvalue weighted by Crippen LogP contribution is 2.20. The molecule has 0 radical (unpaired) electrons. The number of hydrogen-bond donors (Lipinski definition) is 1. The summed E-state index contributed by atoms with van der Waals surface area (Å²) in [5.74, 6) is 1.01. The Labute approximate surface area is 102 Å². The van der Waals surface area contributed by atoms with Crippen molar-refractivity contribution in [3.05, 3.63) is 30.1 Å². The van der Waals surface area contributed by atoms with Crippen molar-refractivity contribution in [2.45, 2.75) is 26.3 Å². The second kappa shape index (κ2) is 5.19. The van der Waals surface area contributed by atoms with Crippen LogP contribution in [0.1, 0.15) is 25.5 Å². The van der Waals surface area contributed by atoms with Crippen molar-refractivity contribution in [3.8, 4) is 0 Å². The molecule has 0 aliphatic carbocycles. The van der Waals surface area contributed by atoms with E-state index in [1.807, 2.05) is 24.4 Å². The summed E-state index contributed by atoms with van der Waals surface area (Å²) in [5.41, 5.74) is 7.89. The summed E-state index contributed by atoms with van der Waals surface area (Å²) in [6.07, 6.45) is 4.38. The smallest absolute Gasteiger partial charge is 0.152 e. The first kappa shape index (κ1) is 11.9. The zero-order chi connectivity index (χ0) is 12.3. The molecule has 4 heteroatoms. The minimum atomic E-state index is 0.511. The molecule has 0 aliphatic rings. The van der Waals surface area contributed by atoms with E-state index in [-0.39, 0.29) is 0 Å². The number of rotatable bonds is 5. The van der Waals surface area contributed by atoms with Crippen LogP contribution in [-0.4, -0.2) is 23.0 Å². The predicted molar refractivity (Wildman–Crippen MR) is 71.3 cm³/mol. The van der Waals surface area contributed by atoms with E-state index in [1.54, 1.807) is 0 Å². The third-order valence-electron chi connectivity index (χ3n) is 3.01. The Hall–Kier alpha value is -1.55. The second-order valence-electron chi connectivity index (χ2n) is 4.29. The SMILES string of the molecule is CCCCN(C)c1nc2ccccn2c1CN. The van der Waals surface area contributed by atoms with Crippen LogP contribution in [0.4, 0.5) is 5.82 Å². The normalized spacial score (nSPS) is 11.0. The van der Waals surface area contributed by atoms with Gasteiger partial charge in [0.15, 0.2) is 5.82 Å². The molecule has 0 saturated heterocycles. The molecule has 17 heavy (non-hydrogen) atoms. The van der Waals surface area contributed by atoms with Crippen LogP contribution in [0.25, 0.3) is 5.65 Å². The first-order valence-electron chi connectivity index (χ1n) is 6.15. The van der Waals surface area contributed by atoms with Gasteiger partial charge in [-0.2, -0.15) is 0 Å². The van der Waals surface area contributed by atoms with E-state index in [0.29, 0.717) is 6.54 Å². The standard InChI is InChI=1S/C13H20N4/c1-3-4-8-16(2)13-11(10-14)17-9-6-5-7-12(17)15-13/h5-7,9H,3-4,8,10,14H2,1-2H3. The first-order valence-corrected chi connectivity index (χ1v) is 6.15. The molecule has 0 amide bonds. The van der Waals surface area contributed by atoms with Gasteiger partial charge < -0.3 is 15.0 Å². The maximum Gasteiger partial charge on any atom is 0.152 e. The molecular weight excluding hydrogens is 212 g/mol. The minimum absolute atomic E-state index is 0.511. The van der Waals surface area contributed by atoms with E-state index < -0.39 is 0 Å². The van der Waals surface area contributed by atoms with Crippen molar-refractivity contribution < 1.29 is 0 Å². The summed E-state index contributed by atoms with van der Waals surface area (Å²) in [6, 6.07) is 6.01. The van der Waals surface area contributed by atoms with Crippen molar-refractivity contribution in [1.29, 1.82) is 0 Å². The Morgan fingerprint density at radius 2 is 2.24 bits per heavy atom. The van der Waals surface area contributed by atoms with Gasteiger partial charge in [0.2, 0.25) is 0 Å². The molecule has 92 valence electrons. The molecular formula is C13H20N4. The third kappa shape index (κ3) is 2.26. The van der Waals surface area contributed by atoms with E-state index in [1.165, 1.54) is 12.8 Å². The Balaban J connectivity index is 2.38. The average molecular weight is 232 g/mol. The van der Waals surface area contributed by atoms with Gasteiger partial charge in [0.25, 0.3) is 0 Å². The molecule has 2 aromatic rings. The van der Waals surface area contributed by atoms with E-state index in [2.05, 4.69) is 28.3 Å². The molecule has 0 fully saturated rings. The lowest BCUT2D eigenvalue weighted by Gasteiger charge is -2.17. The van der Waals surface area contributed by atoms with Crippen molar-refractivity contribution in [3.63, 3.8) is 0 Å². The fourth-order valence-corrected chi connectivity index (χ4v) is 2.03. The van der Waals surface area contributed by atoms with Crippen LogP contribution >= 0.6 is 0 Å². The molecule has 0 aliphatic heterocycles. The van der Waals surface area contributed by atoms with Gasteiger partial charge in [-0.25, -0.2) is 4.98 Å². The Morgan fingerprint density at radius 1 is 1.41 bits per heavy atom. The summed E-state index contributed by atoms with van der Waals surface area (Å²) in [4.78, 5) is 6.84. The van der Waals surface area contributed by atoms with Crippen molar-refractivity contribution in [1.82, 2.24) is 9.38 Å². The van der Waals surface area contributed by atoms with E-state index >= 15 is 0 Å². The highest BCUT2D eigenvalue weighted by Gasteiger charge is 2.13. The number of nitrogens with zero attached hydrogens (tertiary/aromatic N) is 3. The largest absolute Gasteiger partial charge is 0.358 e. The molecule has 4 nitrogen and oxygen atoms in total. The molecule has 2 N–H and O–H groups in total. The van der Waals surface area contributed by atoms with Gasteiger partial charge in [-0.1, -0.05) is 19.4 Å². The highest BCUT2D eigenvalue weighted by molar-refractivity contribution is 5.55. The molecule has 0 saturated carbocycles. The zero-order valence-electron chi connectivity index (χ0n) is 10.6. The predicted octanol–water partition coefficient (Wildman–Crippen LogP) is 2.03. The molecule has 0 aromatic carbocycles. The van der Waals surface area contributed by atoms with Gasteiger partial charge in [-0.05, 0) is 18.6 Å². The second-order valence-corrected chi connectivity index (χ2v) is 4.29. The minimum Gasteiger partial charge on any atom is -0.358 e. The van der Waals surface area contributed by atoms with Gasteiger partial charge >= 0.3 is 0 Å². The number of imidazole rings is 1. The Morgan fingerprint density at radius 3 is 2.94 bits per heavy atom. The number of aromatic nitrogens is 2. The molecule has 0 atom stereocenters. The highest BCUT2D eigenvalue weighted by atomic mass is 15.2. The lowest BCUT2D eigenvalue weighted by atomic mass is 10.3. The zero-order valence-corrected chi connectivity index (χ0v) is 10.6. The van der Waals surface area contributed by atoms with E-state index in [9.17, 15) is 0 Å². The maximum atomic E-state index is 5.84. The summed E-state index contributed by atoms with van der Waals surface area (Å²) in [7, 11) is 2.08. The summed E-state index contributed by atoms with van der Waals surface area (Å²) in [6.45, 7) is 3.73. The Bertz CT molecular complexity index is 489.